The molecule has 0 aliphatic rings. The molecule has 0 aliphatic heterocycles. The first kappa shape index (κ1) is 15.0. The van der Waals surface area contributed by atoms with Crippen molar-refractivity contribution in [3.8, 4) is 0 Å². The van der Waals surface area contributed by atoms with Gasteiger partial charge in [0, 0.05) is 11.8 Å². The molecule has 106 valence electrons. The number of nitrogens with one attached hydrogen (secondary N) is 1. The van der Waals surface area contributed by atoms with Gasteiger partial charge >= 0.3 is 11.9 Å². The van der Waals surface area contributed by atoms with Crippen LogP contribution in [0.2, 0.25) is 15.1 Å². The number of carboxylic acid groups (broad SMARTS) is 2. The number of aromatic carboxylic acids is 1. The fraction of sp³-hybridized carbons (Fsp3) is 0.167. The summed E-state index contributed by atoms with van der Waals surface area (Å²) in [6, 6.07) is 1.40. The second-order valence-corrected chi connectivity index (χ2v) is 5.27. The minimum atomic E-state index is -1.22. The molecule has 0 bridgehead atoms. The highest BCUT2D eigenvalue weighted by molar-refractivity contribution is 6.48. The molecule has 0 radical (unpaired) electrons. The summed E-state index contributed by atoms with van der Waals surface area (Å²) in [5, 5.41) is 18.8. The summed E-state index contributed by atoms with van der Waals surface area (Å²) in [5.74, 6) is -2.26. The fourth-order valence-electron chi connectivity index (χ4n) is 1.99. The van der Waals surface area contributed by atoms with Crippen LogP contribution in [-0.4, -0.2) is 27.1 Å². The highest BCUT2D eigenvalue weighted by Crippen LogP contribution is 2.39. The molecule has 8 heteroatoms. The number of hydrogen-bond acceptors (Lipinski definition) is 2. The Labute approximate surface area is 128 Å². The van der Waals surface area contributed by atoms with Crippen molar-refractivity contribution in [1.82, 2.24) is 4.98 Å². The van der Waals surface area contributed by atoms with E-state index >= 15 is 0 Å². The van der Waals surface area contributed by atoms with Crippen LogP contribution in [0.15, 0.2) is 6.07 Å². The standard InChI is InChI=1S/C12H8Cl3NO4/c13-5-3-6(14)11-8(9(5)15)4(1-2-7(17)18)10(16-11)12(19)20/h3,16H,1-2H2,(H,17,18)(H,19,20). The Hall–Kier alpha value is -1.43. The van der Waals surface area contributed by atoms with Crippen molar-refractivity contribution in [3.05, 3.63) is 32.4 Å². The second kappa shape index (κ2) is 5.52. The van der Waals surface area contributed by atoms with Gasteiger partial charge in [0.05, 0.1) is 20.6 Å². The van der Waals surface area contributed by atoms with Crippen LogP contribution < -0.4 is 0 Å². The van der Waals surface area contributed by atoms with E-state index in [2.05, 4.69) is 4.98 Å². The summed E-state index contributed by atoms with van der Waals surface area (Å²) in [7, 11) is 0. The molecule has 0 unspecified atom stereocenters. The lowest BCUT2D eigenvalue weighted by Gasteiger charge is -2.03. The van der Waals surface area contributed by atoms with Gasteiger partial charge in [-0.2, -0.15) is 0 Å². The van der Waals surface area contributed by atoms with Crippen molar-refractivity contribution in [2.45, 2.75) is 12.8 Å². The highest BCUT2D eigenvalue weighted by Gasteiger charge is 2.22. The zero-order chi connectivity index (χ0) is 15.0. The maximum Gasteiger partial charge on any atom is 0.352 e. The van der Waals surface area contributed by atoms with Crippen LogP contribution in [0.25, 0.3) is 10.9 Å². The topological polar surface area (TPSA) is 90.4 Å². The van der Waals surface area contributed by atoms with Crippen molar-refractivity contribution in [2.75, 3.05) is 0 Å². The first-order valence-electron chi connectivity index (χ1n) is 5.46. The van der Waals surface area contributed by atoms with E-state index in [0.29, 0.717) is 10.9 Å². The molecule has 1 heterocycles. The maximum absolute atomic E-state index is 11.2. The number of rotatable bonds is 4. The number of carboxylic acids is 2. The van der Waals surface area contributed by atoms with E-state index in [4.69, 9.17) is 39.9 Å². The van der Waals surface area contributed by atoms with Crippen LogP contribution in [0.1, 0.15) is 22.5 Å². The molecule has 3 N–H and O–H groups in total. The summed E-state index contributed by atoms with van der Waals surface area (Å²) >= 11 is 18.0. The lowest BCUT2D eigenvalue weighted by atomic mass is 10.1. The molecule has 1 aromatic carbocycles. The van der Waals surface area contributed by atoms with E-state index in [1.54, 1.807) is 0 Å². The maximum atomic E-state index is 11.2. The fourth-order valence-corrected chi connectivity index (χ4v) is 2.76. The molecule has 0 spiro atoms. The molecule has 20 heavy (non-hydrogen) atoms. The Bertz CT molecular complexity index is 723. The molecule has 5 nitrogen and oxygen atoms in total. The number of benzene rings is 1. The predicted molar refractivity (Wildman–Crippen MR) is 76.2 cm³/mol. The molecule has 2 rings (SSSR count). The van der Waals surface area contributed by atoms with Crippen molar-refractivity contribution in [3.63, 3.8) is 0 Å². The molecule has 0 atom stereocenters. The monoisotopic (exact) mass is 335 g/mol. The van der Waals surface area contributed by atoms with Gasteiger partial charge in [-0.1, -0.05) is 34.8 Å². The first-order valence-corrected chi connectivity index (χ1v) is 6.59. The Balaban J connectivity index is 2.76. The SMILES string of the molecule is O=C(O)CCc1c(C(=O)O)[nH]c2c(Cl)cc(Cl)c(Cl)c12. The number of fused-ring (bicyclic) bond motifs is 1. The molecule has 0 saturated heterocycles. The summed E-state index contributed by atoms with van der Waals surface area (Å²) < 4.78 is 0. The number of carbonyl (C=O) groups is 2. The van der Waals surface area contributed by atoms with E-state index in [9.17, 15) is 14.7 Å². The molecule has 0 fully saturated rings. The van der Waals surface area contributed by atoms with E-state index in [-0.39, 0.29) is 39.2 Å². The largest absolute Gasteiger partial charge is 0.481 e. The number of aryl methyl sites for hydroxylation is 1. The van der Waals surface area contributed by atoms with Gasteiger partial charge in [-0.25, -0.2) is 4.79 Å². The molecular formula is C12H8Cl3NO4. The van der Waals surface area contributed by atoms with Gasteiger partial charge in [0.25, 0.3) is 0 Å². The molecule has 0 amide bonds. The van der Waals surface area contributed by atoms with E-state index in [1.165, 1.54) is 6.07 Å². The number of aliphatic carboxylic acids is 1. The van der Waals surface area contributed by atoms with Crippen LogP contribution in [0.3, 0.4) is 0 Å². The van der Waals surface area contributed by atoms with Gasteiger partial charge in [-0.3, -0.25) is 4.79 Å². The quantitative estimate of drug-likeness (QED) is 0.740. The smallest absolute Gasteiger partial charge is 0.352 e. The first-order chi connectivity index (χ1) is 9.32. The lowest BCUT2D eigenvalue weighted by Crippen LogP contribution is -2.04. The predicted octanol–water partition coefficient (Wildman–Crippen LogP) is 3.84. The van der Waals surface area contributed by atoms with Crippen LogP contribution >= 0.6 is 34.8 Å². The van der Waals surface area contributed by atoms with Crippen molar-refractivity contribution in [2.24, 2.45) is 0 Å². The third kappa shape index (κ3) is 2.57. The molecule has 0 saturated carbocycles. The summed E-state index contributed by atoms with van der Waals surface area (Å²) in [5.41, 5.74) is 0.482. The second-order valence-electron chi connectivity index (χ2n) is 4.08. The van der Waals surface area contributed by atoms with Gasteiger partial charge in [0.15, 0.2) is 0 Å². The zero-order valence-corrected chi connectivity index (χ0v) is 12.1. The third-order valence-electron chi connectivity index (χ3n) is 2.83. The van der Waals surface area contributed by atoms with Gasteiger partial charge in [-0.05, 0) is 18.1 Å². The van der Waals surface area contributed by atoms with Crippen molar-refractivity contribution in [1.29, 1.82) is 0 Å². The molecular weight excluding hydrogens is 328 g/mol. The number of aromatic nitrogens is 1. The van der Waals surface area contributed by atoms with Crippen LogP contribution in [0.4, 0.5) is 0 Å². The van der Waals surface area contributed by atoms with Crippen LogP contribution in [-0.2, 0) is 11.2 Å². The molecule has 0 aliphatic carbocycles. The van der Waals surface area contributed by atoms with Gasteiger partial charge < -0.3 is 15.2 Å². The number of aromatic amines is 1. The third-order valence-corrected chi connectivity index (χ3v) is 3.91. The normalized spacial score (nSPS) is 10.9. The Morgan fingerprint density at radius 1 is 1.15 bits per heavy atom. The number of H-pyrrole nitrogens is 1. The number of halogens is 3. The van der Waals surface area contributed by atoms with Gasteiger partial charge in [0.2, 0.25) is 0 Å². The van der Waals surface area contributed by atoms with E-state index in [0.717, 1.165) is 0 Å². The average Bonchev–Trinajstić information content (AvgIpc) is 2.73. The molecule has 2 aromatic rings. The van der Waals surface area contributed by atoms with Crippen LogP contribution in [0, 0.1) is 0 Å². The summed E-state index contributed by atoms with van der Waals surface area (Å²) in [4.78, 5) is 24.6. The Morgan fingerprint density at radius 2 is 1.80 bits per heavy atom. The zero-order valence-electron chi connectivity index (χ0n) is 9.84. The van der Waals surface area contributed by atoms with Crippen LogP contribution in [0.5, 0.6) is 0 Å². The van der Waals surface area contributed by atoms with Crippen molar-refractivity contribution < 1.29 is 19.8 Å². The minimum absolute atomic E-state index is 0.00730. The van der Waals surface area contributed by atoms with E-state index < -0.39 is 11.9 Å². The van der Waals surface area contributed by atoms with Gasteiger partial charge in [0.1, 0.15) is 5.69 Å². The Morgan fingerprint density at radius 3 is 2.35 bits per heavy atom. The van der Waals surface area contributed by atoms with E-state index in [1.807, 2.05) is 0 Å². The Kier molecular flexibility index (Phi) is 4.13. The minimum Gasteiger partial charge on any atom is -0.481 e. The van der Waals surface area contributed by atoms with Crippen molar-refractivity contribution >= 4 is 57.6 Å². The van der Waals surface area contributed by atoms with Gasteiger partial charge in [-0.15, -0.1) is 0 Å². The summed E-state index contributed by atoms with van der Waals surface area (Å²) in [6.45, 7) is 0. The lowest BCUT2D eigenvalue weighted by molar-refractivity contribution is -0.136. The summed E-state index contributed by atoms with van der Waals surface area (Å²) in [6.07, 6.45) is -0.221. The molecule has 1 aromatic heterocycles. The highest BCUT2D eigenvalue weighted by atomic mass is 35.5. The average molecular weight is 337 g/mol. The number of hydrogen-bond donors (Lipinski definition) is 3.